The second-order valence-corrected chi connectivity index (χ2v) is 8.99. The van der Waals surface area contributed by atoms with E-state index in [9.17, 15) is 23.6 Å². The van der Waals surface area contributed by atoms with Gasteiger partial charge >= 0.3 is 0 Å². The van der Waals surface area contributed by atoms with Crippen molar-refractivity contribution in [1.82, 2.24) is 4.57 Å². The summed E-state index contributed by atoms with van der Waals surface area (Å²) in [7, 11) is -1.98. The number of methoxy groups -OCH3 is 1. The molecule has 0 unspecified atom stereocenters. The molecule has 0 saturated heterocycles. The fraction of sp³-hybridized carbons (Fsp3) is 0.300. The molecule has 0 saturated carbocycles. The predicted molar refractivity (Wildman–Crippen MR) is 112 cm³/mol. The first-order valence-electron chi connectivity index (χ1n) is 9.11. The number of non-ortho nitro benzene ring substituents is 1. The van der Waals surface area contributed by atoms with Crippen LogP contribution in [0.2, 0.25) is 0 Å². The summed E-state index contributed by atoms with van der Waals surface area (Å²) in [6.07, 6.45) is 2.60. The lowest BCUT2D eigenvalue weighted by Crippen LogP contribution is -2.20. The van der Waals surface area contributed by atoms with Gasteiger partial charge in [0, 0.05) is 23.9 Å². The Morgan fingerprint density at radius 3 is 2.57 bits per heavy atom. The average molecular weight is 434 g/mol. The quantitative estimate of drug-likeness (QED) is 0.426. The Kier molecular flexibility index (Phi) is 5.88. The largest absolute Gasteiger partial charge is 0.494 e. The van der Waals surface area contributed by atoms with Crippen LogP contribution >= 0.6 is 0 Å². The third kappa shape index (κ3) is 4.18. The Morgan fingerprint density at radius 2 is 1.97 bits per heavy atom. The molecule has 1 aromatic heterocycles. The van der Waals surface area contributed by atoms with Crippen LogP contribution in [0, 0.1) is 10.1 Å². The van der Waals surface area contributed by atoms with Crippen LogP contribution in [-0.4, -0.2) is 48.7 Å². The minimum absolute atomic E-state index is 0.0551. The maximum absolute atomic E-state index is 12.2. The molecule has 3 aromatic rings. The molecule has 0 aliphatic carbocycles. The van der Waals surface area contributed by atoms with Gasteiger partial charge in [-0.25, -0.2) is 8.42 Å². The van der Waals surface area contributed by atoms with E-state index in [-0.39, 0.29) is 22.7 Å². The van der Waals surface area contributed by atoms with E-state index in [1.807, 2.05) is 6.92 Å². The van der Waals surface area contributed by atoms with Gasteiger partial charge < -0.3 is 19.1 Å². The van der Waals surface area contributed by atoms with Crippen LogP contribution in [0.15, 0.2) is 42.6 Å². The lowest BCUT2D eigenvalue weighted by molar-refractivity contribution is -0.383. The summed E-state index contributed by atoms with van der Waals surface area (Å²) >= 11 is 0. The molecule has 1 N–H and O–H groups in total. The van der Waals surface area contributed by atoms with Crippen LogP contribution in [0.3, 0.4) is 0 Å². The molecule has 0 radical (unpaired) electrons. The van der Waals surface area contributed by atoms with E-state index < -0.39 is 20.8 Å². The third-order valence-corrected chi connectivity index (χ3v) is 5.61. The number of nitro groups is 1. The van der Waals surface area contributed by atoms with E-state index in [1.54, 1.807) is 24.3 Å². The van der Waals surface area contributed by atoms with Crippen LogP contribution in [0.25, 0.3) is 10.8 Å². The van der Waals surface area contributed by atoms with Crippen molar-refractivity contribution >= 4 is 26.3 Å². The van der Waals surface area contributed by atoms with Crippen LogP contribution in [0.4, 0.5) is 5.69 Å². The summed E-state index contributed by atoms with van der Waals surface area (Å²) in [4.78, 5) is 10.8. The molecule has 0 aliphatic heterocycles. The van der Waals surface area contributed by atoms with Gasteiger partial charge in [-0.1, -0.05) is 18.2 Å². The van der Waals surface area contributed by atoms with E-state index in [4.69, 9.17) is 9.47 Å². The Labute approximate surface area is 173 Å². The lowest BCUT2D eigenvalue weighted by atomic mass is 10.1. The molecular weight excluding hydrogens is 412 g/mol. The van der Waals surface area contributed by atoms with Gasteiger partial charge in [0.1, 0.15) is 15.2 Å². The molecule has 30 heavy (non-hydrogen) atoms. The summed E-state index contributed by atoms with van der Waals surface area (Å²) in [5.41, 5.74) is 0.287. The number of nitrogens with zero attached hydrogens (tertiary/aromatic N) is 2. The zero-order chi connectivity index (χ0) is 22.1. The van der Waals surface area contributed by atoms with E-state index in [0.717, 1.165) is 6.26 Å². The highest BCUT2D eigenvalue weighted by atomic mass is 32.2. The number of hydrogen-bond donors (Lipinski definition) is 1. The van der Waals surface area contributed by atoms with E-state index in [0.29, 0.717) is 29.1 Å². The number of fused-ring (bicyclic) bond motifs is 1. The number of rotatable bonds is 8. The molecule has 0 fully saturated rings. The number of aromatic nitrogens is 1. The number of sulfone groups is 1. The lowest BCUT2D eigenvalue weighted by Gasteiger charge is -2.21. The van der Waals surface area contributed by atoms with Crippen LogP contribution < -0.4 is 9.47 Å². The highest BCUT2D eigenvalue weighted by molar-refractivity contribution is 7.90. The first-order chi connectivity index (χ1) is 14.2. The number of hydrogen-bond acceptors (Lipinski definition) is 7. The van der Waals surface area contributed by atoms with Crippen molar-refractivity contribution in [3.8, 4) is 17.4 Å². The van der Waals surface area contributed by atoms with Gasteiger partial charge in [0.15, 0.2) is 11.5 Å². The van der Waals surface area contributed by atoms with Gasteiger partial charge in [0.2, 0.25) is 5.88 Å². The maximum atomic E-state index is 12.2. The van der Waals surface area contributed by atoms with Gasteiger partial charge in [0.25, 0.3) is 5.69 Å². The molecule has 2 aromatic carbocycles. The van der Waals surface area contributed by atoms with Crippen molar-refractivity contribution in [3.05, 3.63) is 58.3 Å². The first kappa shape index (κ1) is 21.4. The highest BCUT2D eigenvalue weighted by Gasteiger charge is 2.27. The minimum Gasteiger partial charge on any atom is -0.494 e. The summed E-state index contributed by atoms with van der Waals surface area (Å²) in [6.45, 7) is 2.19. The monoisotopic (exact) mass is 434 g/mol. The number of nitro benzene ring substituents is 1. The molecule has 3 rings (SSSR count). The molecule has 0 spiro atoms. The minimum atomic E-state index is -3.48. The Morgan fingerprint density at radius 1 is 1.23 bits per heavy atom. The smallest absolute Gasteiger partial charge is 0.282 e. The Balaban J connectivity index is 2.24. The molecule has 1 atom stereocenters. The van der Waals surface area contributed by atoms with Crippen molar-refractivity contribution in [2.45, 2.75) is 13.0 Å². The summed E-state index contributed by atoms with van der Waals surface area (Å²) < 4.78 is 36.5. The van der Waals surface area contributed by atoms with Crippen LogP contribution in [-0.2, 0) is 9.84 Å². The normalized spacial score (nSPS) is 12.6. The summed E-state index contributed by atoms with van der Waals surface area (Å²) in [5.74, 6) is 0.210. The molecule has 160 valence electrons. The van der Waals surface area contributed by atoms with Gasteiger partial charge in [0.05, 0.1) is 30.4 Å². The molecule has 0 amide bonds. The standard InChI is InChI=1S/C20H22N2O7S/c1-4-29-18-10-13(8-9-17(18)28-2)16(12-30(3,26)27)21-11-14-6-5-7-15(22(24)25)19(14)20(21)23/h5-11,16,23H,4,12H2,1-3H3/t16-/m1/s1. The molecule has 1 heterocycles. The van der Waals surface area contributed by atoms with Gasteiger partial charge in [-0.15, -0.1) is 0 Å². The van der Waals surface area contributed by atoms with Crippen LogP contribution in [0.5, 0.6) is 17.4 Å². The van der Waals surface area contributed by atoms with E-state index in [2.05, 4.69) is 0 Å². The molecular formula is C20H22N2O7S. The SMILES string of the molecule is CCOc1cc([C@@H](CS(C)(=O)=O)n2cc3cccc([N+](=O)[O-])c3c2O)ccc1OC. The van der Waals surface area contributed by atoms with E-state index >= 15 is 0 Å². The summed E-state index contributed by atoms with van der Waals surface area (Å²) in [6, 6.07) is 8.56. The maximum Gasteiger partial charge on any atom is 0.282 e. The number of benzene rings is 2. The number of ether oxygens (including phenoxy) is 2. The zero-order valence-electron chi connectivity index (χ0n) is 16.7. The zero-order valence-corrected chi connectivity index (χ0v) is 17.5. The summed E-state index contributed by atoms with van der Waals surface area (Å²) in [5, 5.41) is 22.7. The first-order valence-corrected chi connectivity index (χ1v) is 11.2. The third-order valence-electron chi connectivity index (χ3n) is 4.69. The van der Waals surface area contributed by atoms with Crippen molar-refractivity contribution < 1.29 is 27.9 Å². The van der Waals surface area contributed by atoms with E-state index in [1.165, 1.54) is 30.0 Å². The molecule has 10 heteroatoms. The average Bonchev–Trinajstić information content (AvgIpc) is 3.02. The number of aromatic hydroxyl groups is 1. The molecule has 9 nitrogen and oxygen atoms in total. The van der Waals surface area contributed by atoms with Crippen molar-refractivity contribution in [3.63, 3.8) is 0 Å². The molecule has 0 bridgehead atoms. The van der Waals surface area contributed by atoms with Gasteiger partial charge in [-0.3, -0.25) is 10.1 Å². The van der Waals surface area contributed by atoms with Crippen molar-refractivity contribution in [1.29, 1.82) is 0 Å². The Hall–Kier alpha value is -3.27. The fourth-order valence-corrected chi connectivity index (χ4v) is 4.36. The predicted octanol–water partition coefficient (Wildman–Crippen LogP) is 3.30. The fourth-order valence-electron chi connectivity index (χ4n) is 3.43. The van der Waals surface area contributed by atoms with Crippen molar-refractivity contribution in [2.75, 3.05) is 25.7 Å². The second kappa shape index (κ2) is 8.23. The van der Waals surface area contributed by atoms with Gasteiger partial charge in [-0.05, 0) is 24.6 Å². The van der Waals surface area contributed by atoms with Crippen LogP contribution in [0.1, 0.15) is 18.5 Å². The van der Waals surface area contributed by atoms with Gasteiger partial charge in [-0.2, -0.15) is 0 Å². The molecule has 0 aliphatic rings. The Bertz CT molecular complexity index is 1200. The topological polar surface area (TPSA) is 121 Å². The second-order valence-electron chi connectivity index (χ2n) is 6.81. The van der Waals surface area contributed by atoms with Crippen molar-refractivity contribution in [2.24, 2.45) is 0 Å². The highest BCUT2D eigenvalue weighted by Crippen LogP contribution is 2.40.